The minimum atomic E-state index is -0.0924. The number of imidazole rings is 1. The van der Waals surface area contributed by atoms with E-state index in [4.69, 9.17) is 5.73 Å². The van der Waals surface area contributed by atoms with E-state index in [1.54, 1.807) is 36.8 Å². The van der Waals surface area contributed by atoms with E-state index in [1.165, 1.54) is 12.2 Å². The molecule has 1 aromatic carbocycles. The highest BCUT2D eigenvalue weighted by Crippen LogP contribution is 2.15. The summed E-state index contributed by atoms with van der Waals surface area (Å²) in [7, 11) is 0. The highest BCUT2D eigenvalue weighted by atomic mass is 16.1. The van der Waals surface area contributed by atoms with Crippen molar-refractivity contribution in [2.24, 2.45) is 5.73 Å². The first kappa shape index (κ1) is 13.9. The van der Waals surface area contributed by atoms with Crippen LogP contribution in [0.25, 0.3) is 0 Å². The van der Waals surface area contributed by atoms with Crippen LogP contribution in [0.1, 0.15) is 26.4 Å². The van der Waals surface area contributed by atoms with Gasteiger partial charge in [-0.15, -0.1) is 0 Å². The number of hydrogen-bond acceptors (Lipinski definition) is 4. The van der Waals surface area contributed by atoms with Crippen molar-refractivity contribution in [3.63, 3.8) is 0 Å². The highest BCUT2D eigenvalue weighted by molar-refractivity contribution is 6.21. The maximum atomic E-state index is 11.2. The smallest absolute Gasteiger partial charge is 0.186 e. The molecule has 0 fully saturated rings. The Hall–Kier alpha value is -2.53. The average molecular weight is 269 g/mol. The van der Waals surface area contributed by atoms with E-state index in [-0.39, 0.29) is 11.6 Å². The Morgan fingerprint density at radius 1 is 1.05 bits per heavy atom. The zero-order valence-electron chi connectivity index (χ0n) is 10.9. The lowest BCUT2D eigenvalue weighted by Gasteiger charge is -2.06. The fraction of sp³-hybridized carbons (Fsp3) is 0.133. The average Bonchev–Trinajstić information content (AvgIpc) is 2.98. The number of aromatic amines is 1. The van der Waals surface area contributed by atoms with Crippen molar-refractivity contribution in [2.75, 3.05) is 6.54 Å². The summed E-state index contributed by atoms with van der Waals surface area (Å²) in [5.41, 5.74) is 7.39. The standard InChI is InChI=1S/C10H6O2.C5H9N3/c11-9-5-6-10(12)8-4-2-1-3-7(8)9;6-2-1-5-3-7-4-8-5/h1-6H;3-4H,1-2,6H2,(H,7,8). The number of nitrogens with zero attached hydrogens (tertiary/aromatic N) is 1. The van der Waals surface area contributed by atoms with Gasteiger partial charge < -0.3 is 10.7 Å². The number of carbonyl (C=O) groups excluding carboxylic acids is 2. The van der Waals surface area contributed by atoms with Crippen LogP contribution in [0.3, 0.4) is 0 Å². The Bertz CT molecular complexity index is 593. The number of rotatable bonds is 2. The van der Waals surface area contributed by atoms with Crippen molar-refractivity contribution >= 4 is 11.6 Å². The third-order valence-corrected chi connectivity index (χ3v) is 2.81. The maximum Gasteiger partial charge on any atom is 0.186 e. The van der Waals surface area contributed by atoms with Crippen LogP contribution < -0.4 is 5.73 Å². The predicted octanol–water partition coefficient (Wildman–Crippen LogP) is 1.53. The zero-order chi connectivity index (χ0) is 14.4. The summed E-state index contributed by atoms with van der Waals surface area (Å²) in [6, 6.07) is 6.84. The molecule has 0 spiro atoms. The second-order valence-corrected chi connectivity index (χ2v) is 4.22. The van der Waals surface area contributed by atoms with Crippen molar-refractivity contribution in [3.05, 3.63) is 65.8 Å². The second-order valence-electron chi connectivity index (χ2n) is 4.22. The van der Waals surface area contributed by atoms with Crippen LogP contribution in [0.2, 0.25) is 0 Å². The van der Waals surface area contributed by atoms with Crippen LogP contribution >= 0.6 is 0 Å². The fourth-order valence-corrected chi connectivity index (χ4v) is 1.82. The molecule has 0 aliphatic heterocycles. The van der Waals surface area contributed by atoms with Gasteiger partial charge in [-0.3, -0.25) is 9.59 Å². The molecule has 0 amide bonds. The van der Waals surface area contributed by atoms with Crippen LogP contribution in [0.5, 0.6) is 0 Å². The van der Waals surface area contributed by atoms with E-state index in [9.17, 15) is 9.59 Å². The van der Waals surface area contributed by atoms with E-state index in [0.29, 0.717) is 17.7 Å². The number of H-pyrrole nitrogens is 1. The molecule has 20 heavy (non-hydrogen) atoms. The number of aromatic nitrogens is 2. The van der Waals surface area contributed by atoms with Gasteiger partial charge in [-0.05, 0) is 18.7 Å². The van der Waals surface area contributed by atoms with Crippen LogP contribution in [0.15, 0.2) is 48.9 Å². The predicted molar refractivity (Wildman–Crippen MR) is 75.6 cm³/mol. The summed E-state index contributed by atoms with van der Waals surface area (Å²) < 4.78 is 0. The molecule has 0 atom stereocenters. The first-order valence-corrected chi connectivity index (χ1v) is 6.25. The molecule has 0 unspecified atom stereocenters. The van der Waals surface area contributed by atoms with Crippen molar-refractivity contribution in [1.29, 1.82) is 0 Å². The number of benzene rings is 1. The van der Waals surface area contributed by atoms with E-state index < -0.39 is 0 Å². The largest absolute Gasteiger partial charge is 0.348 e. The molecule has 0 bridgehead atoms. The summed E-state index contributed by atoms with van der Waals surface area (Å²) in [5, 5.41) is 0. The first-order valence-electron chi connectivity index (χ1n) is 6.25. The maximum absolute atomic E-state index is 11.2. The van der Waals surface area contributed by atoms with Gasteiger partial charge in [0.15, 0.2) is 11.6 Å². The quantitative estimate of drug-likeness (QED) is 0.865. The van der Waals surface area contributed by atoms with Crippen molar-refractivity contribution < 1.29 is 9.59 Å². The summed E-state index contributed by atoms with van der Waals surface area (Å²) in [5.74, 6) is -0.185. The molecule has 1 aliphatic carbocycles. The zero-order valence-corrected chi connectivity index (χ0v) is 10.9. The van der Waals surface area contributed by atoms with Gasteiger partial charge in [-0.1, -0.05) is 24.3 Å². The van der Waals surface area contributed by atoms with Crippen molar-refractivity contribution in [1.82, 2.24) is 9.97 Å². The fourth-order valence-electron chi connectivity index (χ4n) is 1.82. The number of allylic oxidation sites excluding steroid dienone is 2. The van der Waals surface area contributed by atoms with Gasteiger partial charge in [-0.25, -0.2) is 4.98 Å². The number of carbonyl (C=O) groups is 2. The Kier molecular flexibility index (Phi) is 4.57. The minimum absolute atomic E-state index is 0.0924. The molecule has 1 aromatic heterocycles. The molecule has 2 aromatic rings. The lowest BCUT2D eigenvalue weighted by Crippen LogP contribution is -2.10. The third-order valence-electron chi connectivity index (χ3n) is 2.81. The Morgan fingerprint density at radius 2 is 1.65 bits per heavy atom. The van der Waals surface area contributed by atoms with Gasteiger partial charge in [0, 0.05) is 29.4 Å². The topological polar surface area (TPSA) is 88.8 Å². The van der Waals surface area contributed by atoms with Crippen molar-refractivity contribution in [2.45, 2.75) is 6.42 Å². The van der Waals surface area contributed by atoms with E-state index in [1.807, 2.05) is 0 Å². The molecule has 1 aliphatic rings. The van der Waals surface area contributed by atoms with Crippen LogP contribution in [0, 0.1) is 0 Å². The molecular weight excluding hydrogens is 254 g/mol. The monoisotopic (exact) mass is 269 g/mol. The lowest BCUT2D eigenvalue weighted by atomic mass is 9.95. The third kappa shape index (κ3) is 3.27. The van der Waals surface area contributed by atoms with E-state index in [0.717, 1.165) is 12.1 Å². The van der Waals surface area contributed by atoms with Gasteiger partial charge >= 0.3 is 0 Å². The normalized spacial score (nSPS) is 12.7. The molecule has 5 nitrogen and oxygen atoms in total. The second kappa shape index (κ2) is 6.58. The van der Waals surface area contributed by atoms with Gasteiger partial charge in [0.05, 0.1) is 6.33 Å². The van der Waals surface area contributed by atoms with Gasteiger partial charge in [0.1, 0.15) is 0 Å². The van der Waals surface area contributed by atoms with Crippen LogP contribution in [0.4, 0.5) is 0 Å². The molecule has 0 saturated heterocycles. The molecule has 1 heterocycles. The molecule has 0 radical (unpaired) electrons. The highest BCUT2D eigenvalue weighted by Gasteiger charge is 2.16. The summed E-state index contributed by atoms with van der Waals surface area (Å²) in [6.07, 6.45) is 6.95. The number of nitrogens with two attached hydrogens (primary N) is 1. The van der Waals surface area contributed by atoms with Crippen molar-refractivity contribution in [3.8, 4) is 0 Å². The summed E-state index contributed by atoms with van der Waals surface area (Å²) in [4.78, 5) is 29.2. The molecule has 3 rings (SSSR count). The van der Waals surface area contributed by atoms with Gasteiger partial charge in [-0.2, -0.15) is 0 Å². The van der Waals surface area contributed by atoms with Crippen LogP contribution in [-0.2, 0) is 6.42 Å². The number of fused-ring (bicyclic) bond motifs is 1. The van der Waals surface area contributed by atoms with Crippen LogP contribution in [-0.4, -0.2) is 28.1 Å². The summed E-state index contributed by atoms with van der Waals surface area (Å²) in [6.45, 7) is 0.683. The van der Waals surface area contributed by atoms with Gasteiger partial charge in [0.25, 0.3) is 0 Å². The Morgan fingerprint density at radius 3 is 2.10 bits per heavy atom. The number of ketones is 2. The Balaban J connectivity index is 0.000000160. The summed E-state index contributed by atoms with van der Waals surface area (Å²) >= 11 is 0. The molecule has 0 saturated carbocycles. The lowest BCUT2D eigenvalue weighted by molar-refractivity contribution is 0.0994. The number of hydrogen-bond donors (Lipinski definition) is 2. The molecule has 102 valence electrons. The molecule has 3 N–H and O–H groups in total. The van der Waals surface area contributed by atoms with Gasteiger partial charge in [0.2, 0.25) is 0 Å². The first-order chi connectivity index (χ1) is 9.72. The number of nitrogens with one attached hydrogen (secondary N) is 1. The Labute approximate surface area is 116 Å². The molecular formula is C15H15N3O2. The van der Waals surface area contributed by atoms with E-state index >= 15 is 0 Å². The molecule has 5 heteroatoms. The minimum Gasteiger partial charge on any atom is -0.348 e. The SMILES string of the molecule is NCCc1cnc[nH]1.O=C1C=CC(=O)c2ccccc21. The van der Waals surface area contributed by atoms with E-state index in [2.05, 4.69) is 9.97 Å².